The molecule has 1 aliphatic heterocycles. The Hall–Kier alpha value is -3.50. The Kier molecular flexibility index (Phi) is 4.40. The van der Waals surface area contributed by atoms with E-state index < -0.39 is 0 Å². The number of nitriles is 2. The van der Waals surface area contributed by atoms with Crippen LogP contribution in [-0.2, 0) is 0 Å². The molecular formula is C17H15N9S. The normalized spacial score (nSPS) is 16.7. The van der Waals surface area contributed by atoms with Gasteiger partial charge < -0.3 is 16.0 Å². The van der Waals surface area contributed by atoms with E-state index in [1.165, 1.54) is 23.9 Å². The van der Waals surface area contributed by atoms with E-state index in [4.69, 9.17) is 5.73 Å². The molecule has 10 heteroatoms. The molecule has 1 aliphatic rings. The summed E-state index contributed by atoms with van der Waals surface area (Å²) in [5.74, 6) is 1.41. The Morgan fingerprint density at radius 2 is 2.19 bits per heavy atom. The third-order valence-corrected chi connectivity index (χ3v) is 5.46. The minimum absolute atomic E-state index is 0.000846. The van der Waals surface area contributed by atoms with Gasteiger partial charge in [-0.15, -0.1) is 0 Å². The standard InChI is InChI=1S/C17H15N9S/c18-5-10-2-1-3-26(8-10)17-25-14-11(6-19)7-21-16(15(14)27-17)24-13-4-12(20)22-9-23-13/h4,7,9-10H,1-3,8H2,(H3,20,21,22,23,24)/t10-/m0/s1. The van der Waals surface area contributed by atoms with Gasteiger partial charge in [0.15, 0.2) is 10.9 Å². The van der Waals surface area contributed by atoms with Crippen molar-refractivity contribution in [2.75, 3.05) is 29.0 Å². The van der Waals surface area contributed by atoms with Crippen molar-refractivity contribution in [2.24, 2.45) is 5.92 Å². The Labute approximate surface area is 159 Å². The Morgan fingerprint density at radius 3 is 2.96 bits per heavy atom. The maximum Gasteiger partial charge on any atom is 0.186 e. The van der Waals surface area contributed by atoms with Crippen LogP contribution in [0.4, 0.5) is 22.6 Å². The van der Waals surface area contributed by atoms with Gasteiger partial charge in [-0.2, -0.15) is 10.5 Å². The van der Waals surface area contributed by atoms with Crippen LogP contribution in [0, 0.1) is 28.6 Å². The molecule has 0 unspecified atom stereocenters. The van der Waals surface area contributed by atoms with E-state index in [0.717, 1.165) is 29.2 Å². The zero-order valence-corrected chi connectivity index (χ0v) is 15.1. The van der Waals surface area contributed by atoms with Gasteiger partial charge in [0.1, 0.15) is 34.2 Å². The van der Waals surface area contributed by atoms with E-state index in [2.05, 4.69) is 42.3 Å². The van der Waals surface area contributed by atoms with Crippen molar-refractivity contribution in [1.29, 1.82) is 10.5 Å². The molecule has 0 bridgehead atoms. The number of piperidine rings is 1. The van der Waals surface area contributed by atoms with Crippen molar-refractivity contribution >= 4 is 44.1 Å². The van der Waals surface area contributed by atoms with E-state index in [1.807, 2.05) is 0 Å². The average Bonchev–Trinajstić information content (AvgIpc) is 3.14. The van der Waals surface area contributed by atoms with E-state index >= 15 is 0 Å². The summed E-state index contributed by atoms with van der Waals surface area (Å²) in [6.07, 6.45) is 4.72. The first-order valence-electron chi connectivity index (χ1n) is 8.36. The van der Waals surface area contributed by atoms with Crippen molar-refractivity contribution < 1.29 is 0 Å². The Bertz CT molecular complexity index is 1080. The number of nitrogens with one attached hydrogen (secondary N) is 1. The molecule has 0 aliphatic carbocycles. The van der Waals surface area contributed by atoms with Gasteiger partial charge in [0, 0.05) is 25.4 Å². The van der Waals surface area contributed by atoms with Crippen molar-refractivity contribution in [1.82, 2.24) is 19.9 Å². The molecule has 27 heavy (non-hydrogen) atoms. The monoisotopic (exact) mass is 377 g/mol. The highest BCUT2D eigenvalue weighted by molar-refractivity contribution is 7.22. The summed E-state index contributed by atoms with van der Waals surface area (Å²) in [5, 5.41) is 22.6. The van der Waals surface area contributed by atoms with E-state index in [0.29, 0.717) is 35.1 Å². The van der Waals surface area contributed by atoms with Crippen molar-refractivity contribution in [3.8, 4) is 12.1 Å². The second kappa shape index (κ2) is 7.02. The first-order valence-corrected chi connectivity index (χ1v) is 9.18. The van der Waals surface area contributed by atoms with Crippen molar-refractivity contribution in [3.05, 3.63) is 24.2 Å². The molecule has 9 nitrogen and oxygen atoms in total. The van der Waals surface area contributed by atoms with Crippen LogP contribution in [0.25, 0.3) is 10.2 Å². The summed E-state index contributed by atoms with van der Waals surface area (Å²) in [6, 6.07) is 6.09. The number of aromatic nitrogens is 4. The van der Waals surface area contributed by atoms with Gasteiger partial charge in [-0.1, -0.05) is 11.3 Å². The Balaban J connectivity index is 1.74. The Morgan fingerprint density at radius 1 is 1.30 bits per heavy atom. The minimum atomic E-state index is 0.000846. The lowest BCUT2D eigenvalue weighted by Gasteiger charge is -2.28. The molecule has 3 N–H and O–H groups in total. The number of pyridine rings is 1. The molecule has 3 aromatic rings. The van der Waals surface area contributed by atoms with Crippen LogP contribution >= 0.6 is 11.3 Å². The molecule has 0 radical (unpaired) electrons. The second-order valence-corrected chi connectivity index (χ2v) is 7.15. The number of fused-ring (bicyclic) bond motifs is 1. The van der Waals surface area contributed by atoms with Crippen LogP contribution in [0.1, 0.15) is 18.4 Å². The van der Waals surface area contributed by atoms with Gasteiger partial charge in [0.2, 0.25) is 0 Å². The SMILES string of the molecule is N#Cc1cnc(Nc2cc(N)ncn2)c2sc(N3CCC[C@@H](C#N)C3)nc12. The topological polar surface area (TPSA) is 140 Å². The fourth-order valence-corrected chi connectivity index (χ4v) is 4.09. The third-order valence-electron chi connectivity index (χ3n) is 4.34. The maximum absolute atomic E-state index is 9.41. The quantitative estimate of drug-likeness (QED) is 0.703. The summed E-state index contributed by atoms with van der Waals surface area (Å²) in [6.45, 7) is 1.50. The zero-order valence-electron chi connectivity index (χ0n) is 14.3. The van der Waals surface area contributed by atoms with Gasteiger partial charge in [-0.25, -0.2) is 19.9 Å². The molecule has 0 spiro atoms. The molecular weight excluding hydrogens is 362 g/mol. The van der Waals surface area contributed by atoms with Crippen LogP contribution in [0.5, 0.6) is 0 Å². The lowest BCUT2D eigenvalue weighted by atomic mass is 10.0. The number of anilines is 4. The van der Waals surface area contributed by atoms with Gasteiger partial charge in [0.25, 0.3) is 0 Å². The van der Waals surface area contributed by atoms with Gasteiger partial charge >= 0.3 is 0 Å². The van der Waals surface area contributed by atoms with E-state index in [9.17, 15) is 10.5 Å². The van der Waals surface area contributed by atoms with Gasteiger partial charge in [0.05, 0.1) is 17.6 Å². The van der Waals surface area contributed by atoms with Crippen LogP contribution in [0.3, 0.4) is 0 Å². The molecule has 0 amide bonds. The highest BCUT2D eigenvalue weighted by atomic mass is 32.1. The molecule has 3 aromatic heterocycles. The number of rotatable bonds is 3. The fourth-order valence-electron chi connectivity index (χ4n) is 3.03. The number of hydrogen-bond donors (Lipinski definition) is 2. The minimum Gasteiger partial charge on any atom is -0.384 e. The number of nitrogen functional groups attached to an aromatic ring is 1. The average molecular weight is 377 g/mol. The van der Waals surface area contributed by atoms with Crippen LogP contribution < -0.4 is 16.0 Å². The van der Waals surface area contributed by atoms with Gasteiger partial charge in [-0.05, 0) is 12.8 Å². The van der Waals surface area contributed by atoms with Crippen LogP contribution in [-0.4, -0.2) is 33.0 Å². The molecule has 1 atom stereocenters. The lowest BCUT2D eigenvalue weighted by molar-refractivity contribution is 0.493. The largest absolute Gasteiger partial charge is 0.384 e. The molecule has 4 heterocycles. The van der Waals surface area contributed by atoms with Crippen LogP contribution in [0.2, 0.25) is 0 Å². The molecule has 1 saturated heterocycles. The highest BCUT2D eigenvalue weighted by Gasteiger charge is 2.24. The molecule has 134 valence electrons. The summed E-state index contributed by atoms with van der Waals surface area (Å²) < 4.78 is 0.764. The smallest absolute Gasteiger partial charge is 0.186 e. The summed E-state index contributed by atoms with van der Waals surface area (Å²) >= 11 is 1.45. The lowest BCUT2D eigenvalue weighted by Crippen LogP contribution is -2.34. The first-order chi connectivity index (χ1) is 13.2. The summed E-state index contributed by atoms with van der Waals surface area (Å²) in [7, 11) is 0. The van der Waals surface area contributed by atoms with Crippen molar-refractivity contribution in [2.45, 2.75) is 12.8 Å². The summed E-state index contributed by atoms with van der Waals surface area (Å²) in [4.78, 5) is 19.1. The van der Waals surface area contributed by atoms with E-state index in [-0.39, 0.29) is 5.92 Å². The highest BCUT2D eigenvalue weighted by Crippen LogP contribution is 2.37. The van der Waals surface area contributed by atoms with Crippen molar-refractivity contribution in [3.63, 3.8) is 0 Å². The predicted octanol–water partition coefficient (Wildman–Crippen LogP) is 2.42. The molecule has 0 aromatic carbocycles. The number of nitrogens with zero attached hydrogens (tertiary/aromatic N) is 7. The van der Waals surface area contributed by atoms with Gasteiger partial charge in [-0.3, -0.25) is 0 Å². The second-order valence-electron chi connectivity index (χ2n) is 6.17. The number of nitrogens with two attached hydrogens (primary N) is 1. The van der Waals surface area contributed by atoms with Crippen LogP contribution in [0.15, 0.2) is 18.6 Å². The molecule has 1 fully saturated rings. The summed E-state index contributed by atoms with van der Waals surface area (Å²) in [5.41, 5.74) is 6.71. The predicted molar refractivity (Wildman–Crippen MR) is 102 cm³/mol. The fraction of sp³-hybridized carbons (Fsp3) is 0.294. The molecule has 0 saturated carbocycles. The number of thiazole rings is 1. The van der Waals surface area contributed by atoms with E-state index in [1.54, 1.807) is 6.07 Å². The zero-order chi connectivity index (χ0) is 18.8. The molecule has 4 rings (SSSR count). The third kappa shape index (κ3) is 3.30. The number of hydrogen-bond acceptors (Lipinski definition) is 10. The maximum atomic E-state index is 9.41. The first kappa shape index (κ1) is 16.9.